The van der Waals surface area contributed by atoms with Crippen molar-refractivity contribution in [3.05, 3.63) is 35.4 Å². The molecule has 1 aromatic rings. The lowest BCUT2D eigenvalue weighted by Crippen LogP contribution is -2.46. The molecule has 0 saturated carbocycles. The molecule has 28 heavy (non-hydrogen) atoms. The highest BCUT2D eigenvalue weighted by Crippen LogP contribution is 2.36. The maximum absolute atomic E-state index is 12.4. The van der Waals surface area contributed by atoms with Crippen molar-refractivity contribution in [2.24, 2.45) is 10.2 Å². The van der Waals surface area contributed by atoms with Crippen molar-refractivity contribution in [1.82, 2.24) is 10.2 Å². The molecule has 2 heterocycles. The Hall–Kier alpha value is -3.05. The van der Waals surface area contributed by atoms with Gasteiger partial charge in [-0.15, -0.1) is 12.3 Å². The van der Waals surface area contributed by atoms with Gasteiger partial charge in [0, 0.05) is 37.9 Å². The third kappa shape index (κ3) is 5.02. The highest BCUT2D eigenvalue weighted by molar-refractivity contribution is 5.98. The van der Waals surface area contributed by atoms with E-state index in [0.717, 1.165) is 5.56 Å². The fourth-order valence-electron chi connectivity index (χ4n) is 3.03. The highest BCUT2D eigenvalue weighted by atomic mass is 16.5. The summed E-state index contributed by atoms with van der Waals surface area (Å²) >= 11 is 0. The highest BCUT2D eigenvalue weighted by Gasteiger charge is 2.38. The molecule has 1 N–H and O–H groups in total. The zero-order valence-electron chi connectivity index (χ0n) is 15.5. The van der Waals surface area contributed by atoms with Crippen molar-refractivity contribution in [2.75, 3.05) is 26.3 Å². The number of terminal acetylenes is 1. The number of rotatable bonds is 9. The molecular formula is C20H22N4O4. The van der Waals surface area contributed by atoms with Gasteiger partial charge in [0.1, 0.15) is 13.2 Å². The maximum Gasteiger partial charge on any atom is 0.255 e. The summed E-state index contributed by atoms with van der Waals surface area (Å²) in [5.74, 6) is 1.72. The van der Waals surface area contributed by atoms with Gasteiger partial charge >= 0.3 is 0 Å². The minimum atomic E-state index is -0.418. The van der Waals surface area contributed by atoms with Crippen LogP contribution in [0.2, 0.25) is 0 Å². The first-order valence-corrected chi connectivity index (χ1v) is 9.19. The number of morpholine rings is 1. The molecule has 0 aliphatic carbocycles. The van der Waals surface area contributed by atoms with Crippen molar-refractivity contribution < 1.29 is 19.1 Å². The largest absolute Gasteiger partial charge is 0.362 e. The van der Waals surface area contributed by atoms with Gasteiger partial charge in [0.15, 0.2) is 5.66 Å². The lowest BCUT2D eigenvalue weighted by molar-refractivity contribution is -0.158. The molecule has 0 bridgehead atoms. The van der Waals surface area contributed by atoms with Gasteiger partial charge in [-0.1, -0.05) is 12.1 Å². The second-order valence-electron chi connectivity index (χ2n) is 6.77. The Bertz CT molecular complexity index is 821. The summed E-state index contributed by atoms with van der Waals surface area (Å²) in [6.45, 7) is 0.579. The average molecular weight is 382 g/mol. The number of imide groups is 1. The van der Waals surface area contributed by atoms with Crippen LogP contribution in [-0.2, 0) is 20.7 Å². The van der Waals surface area contributed by atoms with E-state index in [1.54, 1.807) is 18.2 Å². The van der Waals surface area contributed by atoms with Gasteiger partial charge in [-0.2, -0.15) is 10.2 Å². The third-order valence-electron chi connectivity index (χ3n) is 4.73. The van der Waals surface area contributed by atoms with Crippen molar-refractivity contribution in [1.29, 1.82) is 0 Å². The SMILES string of the molecule is C#CCCC1(CCNC(=O)c2cccc(CCN3C(=O)COCC3=O)c2)N=N1. The average Bonchev–Trinajstić information content (AvgIpc) is 3.46. The summed E-state index contributed by atoms with van der Waals surface area (Å²) < 4.78 is 4.90. The molecule has 3 amide bonds. The van der Waals surface area contributed by atoms with E-state index in [9.17, 15) is 14.4 Å². The van der Waals surface area contributed by atoms with Crippen LogP contribution in [0.15, 0.2) is 34.5 Å². The first kappa shape index (κ1) is 19.7. The van der Waals surface area contributed by atoms with Crippen LogP contribution in [0, 0.1) is 12.3 Å². The molecule has 8 heteroatoms. The van der Waals surface area contributed by atoms with E-state index in [0.29, 0.717) is 37.8 Å². The number of carbonyl (C=O) groups is 3. The van der Waals surface area contributed by atoms with E-state index in [4.69, 9.17) is 11.2 Å². The molecule has 0 spiro atoms. The molecule has 0 atom stereocenters. The van der Waals surface area contributed by atoms with Gasteiger partial charge in [-0.25, -0.2) is 0 Å². The summed E-state index contributed by atoms with van der Waals surface area (Å²) in [7, 11) is 0. The smallest absolute Gasteiger partial charge is 0.255 e. The van der Waals surface area contributed by atoms with Crippen LogP contribution in [0.3, 0.4) is 0 Å². The lowest BCUT2D eigenvalue weighted by Gasteiger charge is -2.24. The Morgan fingerprint density at radius 1 is 1.25 bits per heavy atom. The molecule has 0 aromatic heterocycles. The van der Waals surface area contributed by atoms with Crippen molar-refractivity contribution in [3.8, 4) is 12.3 Å². The van der Waals surface area contributed by atoms with Gasteiger partial charge in [0.25, 0.3) is 17.7 Å². The minimum Gasteiger partial charge on any atom is -0.362 e. The maximum atomic E-state index is 12.4. The molecule has 146 valence electrons. The third-order valence-corrected chi connectivity index (χ3v) is 4.73. The first-order chi connectivity index (χ1) is 13.5. The van der Waals surface area contributed by atoms with E-state index in [1.165, 1.54) is 4.90 Å². The minimum absolute atomic E-state index is 0.0738. The second kappa shape index (κ2) is 8.76. The summed E-state index contributed by atoms with van der Waals surface area (Å²) in [4.78, 5) is 37.1. The van der Waals surface area contributed by atoms with Crippen LogP contribution in [0.1, 0.15) is 35.2 Å². The van der Waals surface area contributed by atoms with E-state index < -0.39 is 5.66 Å². The Morgan fingerprint density at radius 3 is 2.68 bits per heavy atom. The number of benzene rings is 1. The van der Waals surface area contributed by atoms with Crippen molar-refractivity contribution in [2.45, 2.75) is 31.3 Å². The van der Waals surface area contributed by atoms with Crippen LogP contribution in [0.25, 0.3) is 0 Å². The molecule has 8 nitrogen and oxygen atoms in total. The van der Waals surface area contributed by atoms with Crippen molar-refractivity contribution >= 4 is 17.7 Å². The fourth-order valence-corrected chi connectivity index (χ4v) is 3.03. The Labute approximate surface area is 163 Å². The van der Waals surface area contributed by atoms with Crippen LogP contribution < -0.4 is 5.32 Å². The number of hydrogen-bond acceptors (Lipinski definition) is 6. The summed E-state index contributed by atoms with van der Waals surface area (Å²) in [6.07, 6.45) is 7.68. The summed E-state index contributed by atoms with van der Waals surface area (Å²) in [6, 6.07) is 7.14. The van der Waals surface area contributed by atoms with Crippen LogP contribution in [0.5, 0.6) is 0 Å². The number of hydrogen-bond donors (Lipinski definition) is 1. The Morgan fingerprint density at radius 2 is 2.00 bits per heavy atom. The number of amides is 3. The number of ether oxygens (including phenoxy) is 1. The van der Waals surface area contributed by atoms with E-state index in [1.807, 2.05) is 6.07 Å². The number of carbonyl (C=O) groups excluding carboxylic acids is 3. The van der Waals surface area contributed by atoms with E-state index in [2.05, 4.69) is 21.5 Å². The fraction of sp³-hybridized carbons (Fsp3) is 0.450. The quantitative estimate of drug-likeness (QED) is 0.514. The normalized spacial score (nSPS) is 17.3. The standard InChI is InChI=1S/C20H22N4O4/c1-2-3-8-20(22-23-20)9-10-21-19(27)16-6-4-5-15(12-16)7-11-24-17(25)13-28-14-18(24)26/h1,4-6,12H,3,7-11,13-14H2,(H,21,27). The van der Waals surface area contributed by atoms with Gasteiger partial charge in [-0.3, -0.25) is 19.3 Å². The zero-order valence-corrected chi connectivity index (χ0v) is 15.5. The van der Waals surface area contributed by atoms with Crippen LogP contribution in [-0.4, -0.2) is 54.6 Å². The monoisotopic (exact) mass is 382 g/mol. The predicted molar refractivity (Wildman–Crippen MR) is 100 cm³/mol. The number of nitrogens with one attached hydrogen (secondary N) is 1. The van der Waals surface area contributed by atoms with Crippen molar-refractivity contribution in [3.63, 3.8) is 0 Å². The topological polar surface area (TPSA) is 100 Å². The molecule has 1 saturated heterocycles. The molecule has 2 aliphatic rings. The Balaban J connectivity index is 1.48. The first-order valence-electron chi connectivity index (χ1n) is 9.19. The summed E-state index contributed by atoms with van der Waals surface area (Å²) in [5, 5.41) is 11.0. The molecule has 3 rings (SSSR count). The van der Waals surface area contributed by atoms with Crippen LogP contribution >= 0.6 is 0 Å². The van der Waals surface area contributed by atoms with E-state index in [-0.39, 0.29) is 37.5 Å². The molecule has 2 aliphatic heterocycles. The molecular weight excluding hydrogens is 360 g/mol. The summed E-state index contributed by atoms with van der Waals surface area (Å²) in [5.41, 5.74) is 0.982. The molecule has 0 unspecified atom stereocenters. The van der Waals surface area contributed by atoms with Gasteiger partial charge in [-0.05, 0) is 24.1 Å². The predicted octanol–water partition coefficient (Wildman–Crippen LogP) is 1.31. The molecule has 1 aromatic carbocycles. The molecule has 0 radical (unpaired) electrons. The van der Waals surface area contributed by atoms with Gasteiger partial charge < -0.3 is 10.1 Å². The van der Waals surface area contributed by atoms with E-state index >= 15 is 0 Å². The van der Waals surface area contributed by atoms with Gasteiger partial charge in [0.05, 0.1) is 0 Å². The molecule has 1 fully saturated rings. The van der Waals surface area contributed by atoms with Crippen LogP contribution in [0.4, 0.5) is 0 Å². The number of nitrogens with zero attached hydrogens (tertiary/aromatic N) is 3. The lowest BCUT2D eigenvalue weighted by atomic mass is 10.0. The second-order valence-corrected chi connectivity index (χ2v) is 6.77. The Kier molecular flexibility index (Phi) is 6.16. The van der Waals surface area contributed by atoms with Gasteiger partial charge in [0.2, 0.25) is 0 Å². The zero-order chi connectivity index (χ0) is 20.0.